The summed E-state index contributed by atoms with van der Waals surface area (Å²) >= 11 is 5.65. The van der Waals surface area contributed by atoms with Crippen molar-refractivity contribution in [1.29, 1.82) is 0 Å². The van der Waals surface area contributed by atoms with E-state index in [9.17, 15) is 8.42 Å². The van der Waals surface area contributed by atoms with Crippen LogP contribution in [0.5, 0.6) is 0 Å². The van der Waals surface area contributed by atoms with E-state index in [1.165, 1.54) is 5.41 Å². The molecule has 1 aliphatic heterocycles. The van der Waals surface area contributed by atoms with Gasteiger partial charge in [-0.25, -0.2) is 8.42 Å². The van der Waals surface area contributed by atoms with Crippen LogP contribution in [-0.4, -0.2) is 8.42 Å². The van der Waals surface area contributed by atoms with Crippen molar-refractivity contribution in [3.8, 4) is 0 Å². The van der Waals surface area contributed by atoms with E-state index in [4.69, 9.17) is 11.6 Å². The van der Waals surface area contributed by atoms with E-state index >= 15 is 0 Å². The Bertz CT molecular complexity index is 474. The SMILES string of the molecule is O=S1(=O)C=Cc2cccc(CCl)c21. The summed E-state index contributed by atoms with van der Waals surface area (Å²) in [4.78, 5) is 0.366. The third-order valence-corrected chi connectivity index (χ3v) is 3.83. The smallest absolute Gasteiger partial charge is 0.200 e. The number of halogens is 1. The molecule has 1 aliphatic rings. The fourth-order valence-electron chi connectivity index (χ4n) is 1.42. The molecule has 0 bridgehead atoms. The van der Waals surface area contributed by atoms with E-state index in [1.54, 1.807) is 18.2 Å². The summed E-state index contributed by atoms with van der Waals surface area (Å²) in [5.74, 6) is 0.226. The first-order valence-corrected chi connectivity index (χ1v) is 5.84. The lowest BCUT2D eigenvalue weighted by Gasteiger charge is -2.03. The maximum Gasteiger partial charge on any atom is 0.200 e. The normalized spacial score (nSPS) is 17.3. The zero-order chi connectivity index (χ0) is 9.47. The van der Waals surface area contributed by atoms with Gasteiger partial charge < -0.3 is 0 Å². The average Bonchev–Trinajstić information content (AvgIpc) is 2.43. The second-order valence-corrected chi connectivity index (χ2v) is 4.85. The maximum absolute atomic E-state index is 11.5. The minimum Gasteiger partial charge on any atom is -0.219 e. The first kappa shape index (κ1) is 8.78. The predicted octanol–water partition coefficient (Wildman–Crippen LogP) is 2.18. The summed E-state index contributed by atoms with van der Waals surface area (Å²) in [7, 11) is -3.21. The molecule has 4 heteroatoms. The number of sulfone groups is 1. The molecule has 0 saturated heterocycles. The quantitative estimate of drug-likeness (QED) is 0.672. The van der Waals surface area contributed by atoms with E-state index < -0.39 is 9.84 Å². The Labute approximate surface area is 81.8 Å². The number of rotatable bonds is 1. The van der Waals surface area contributed by atoms with Crippen molar-refractivity contribution < 1.29 is 8.42 Å². The van der Waals surface area contributed by atoms with Crippen LogP contribution in [-0.2, 0) is 15.7 Å². The van der Waals surface area contributed by atoms with Crippen LogP contribution in [0.4, 0.5) is 0 Å². The monoisotopic (exact) mass is 214 g/mol. The average molecular weight is 215 g/mol. The molecule has 2 rings (SSSR count). The molecule has 1 aromatic rings. The van der Waals surface area contributed by atoms with E-state index in [0.29, 0.717) is 10.5 Å². The molecule has 0 amide bonds. The summed E-state index contributed by atoms with van der Waals surface area (Å²) in [5.41, 5.74) is 1.40. The molecule has 0 saturated carbocycles. The molecular weight excluding hydrogens is 208 g/mol. The van der Waals surface area contributed by atoms with Crippen LogP contribution in [0.15, 0.2) is 28.5 Å². The standard InChI is InChI=1S/C9H7ClO2S/c10-6-8-3-1-2-7-4-5-13(11,12)9(7)8/h1-5H,6H2. The molecule has 0 aromatic heterocycles. The van der Waals surface area contributed by atoms with Crippen molar-refractivity contribution in [1.82, 2.24) is 0 Å². The molecule has 0 atom stereocenters. The number of hydrogen-bond donors (Lipinski definition) is 0. The van der Waals surface area contributed by atoms with Gasteiger partial charge in [-0.3, -0.25) is 0 Å². The van der Waals surface area contributed by atoms with Crippen molar-refractivity contribution >= 4 is 27.5 Å². The Morgan fingerprint density at radius 2 is 2.08 bits per heavy atom. The minimum atomic E-state index is -3.21. The Hall–Kier alpha value is -0.800. The largest absolute Gasteiger partial charge is 0.219 e. The van der Waals surface area contributed by atoms with Crippen molar-refractivity contribution in [2.45, 2.75) is 10.8 Å². The second kappa shape index (κ2) is 2.86. The molecule has 2 nitrogen and oxygen atoms in total. The predicted molar refractivity (Wildman–Crippen MR) is 52.2 cm³/mol. The van der Waals surface area contributed by atoms with Gasteiger partial charge in [-0.1, -0.05) is 18.2 Å². The van der Waals surface area contributed by atoms with Crippen LogP contribution in [0.1, 0.15) is 11.1 Å². The van der Waals surface area contributed by atoms with Crippen LogP contribution < -0.4 is 0 Å². The van der Waals surface area contributed by atoms with Crippen LogP contribution in [0, 0.1) is 0 Å². The third-order valence-electron chi connectivity index (χ3n) is 1.98. The summed E-state index contributed by atoms with van der Waals surface area (Å²) in [6, 6.07) is 5.31. The fraction of sp³-hybridized carbons (Fsp3) is 0.111. The van der Waals surface area contributed by atoms with Crippen molar-refractivity contribution in [2.75, 3.05) is 0 Å². The van der Waals surface area contributed by atoms with E-state index in [2.05, 4.69) is 0 Å². The van der Waals surface area contributed by atoms with Crippen molar-refractivity contribution in [3.63, 3.8) is 0 Å². The molecule has 13 heavy (non-hydrogen) atoms. The molecule has 1 heterocycles. The van der Waals surface area contributed by atoms with Gasteiger partial charge in [-0.2, -0.15) is 0 Å². The van der Waals surface area contributed by atoms with Gasteiger partial charge in [-0.15, -0.1) is 11.6 Å². The second-order valence-electron chi connectivity index (χ2n) is 2.82. The first-order valence-electron chi connectivity index (χ1n) is 3.76. The van der Waals surface area contributed by atoms with Gasteiger partial charge in [-0.05, 0) is 17.2 Å². The van der Waals surface area contributed by atoms with Crippen LogP contribution >= 0.6 is 11.6 Å². The van der Waals surface area contributed by atoms with Crippen LogP contribution in [0.3, 0.4) is 0 Å². The highest BCUT2D eigenvalue weighted by atomic mass is 35.5. The van der Waals surface area contributed by atoms with Crippen molar-refractivity contribution in [3.05, 3.63) is 34.7 Å². The van der Waals surface area contributed by atoms with Gasteiger partial charge in [0.1, 0.15) is 0 Å². The maximum atomic E-state index is 11.5. The molecule has 68 valence electrons. The van der Waals surface area contributed by atoms with Crippen LogP contribution in [0.25, 0.3) is 6.08 Å². The number of fused-ring (bicyclic) bond motifs is 1. The summed E-state index contributed by atoms with van der Waals surface area (Å²) in [6.07, 6.45) is 1.60. The Morgan fingerprint density at radius 3 is 2.77 bits per heavy atom. The van der Waals surface area contributed by atoms with E-state index in [1.807, 2.05) is 6.07 Å². The molecular formula is C9H7ClO2S. The first-order chi connectivity index (χ1) is 6.15. The number of hydrogen-bond acceptors (Lipinski definition) is 2. The highest BCUT2D eigenvalue weighted by Crippen LogP contribution is 2.30. The molecule has 0 fully saturated rings. The fourth-order valence-corrected chi connectivity index (χ4v) is 3.15. The Morgan fingerprint density at radius 1 is 1.31 bits per heavy atom. The summed E-state index contributed by atoms with van der Waals surface area (Å²) < 4.78 is 23.0. The van der Waals surface area contributed by atoms with Gasteiger partial charge in [0.2, 0.25) is 9.84 Å². The highest BCUT2D eigenvalue weighted by Gasteiger charge is 2.23. The highest BCUT2D eigenvalue weighted by molar-refractivity contribution is 7.94. The zero-order valence-corrected chi connectivity index (χ0v) is 8.27. The van der Waals surface area contributed by atoms with Gasteiger partial charge in [0, 0.05) is 11.3 Å². The third kappa shape index (κ3) is 1.28. The number of benzene rings is 1. The molecule has 0 unspecified atom stereocenters. The summed E-state index contributed by atoms with van der Waals surface area (Å²) in [6.45, 7) is 0. The Kier molecular flexibility index (Phi) is 1.93. The van der Waals surface area contributed by atoms with Gasteiger partial charge in [0.25, 0.3) is 0 Å². The lowest BCUT2D eigenvalue weighted by atomic mass is 10.1. The van der Waals surface area contributed by atoms with Gasteiger partial charge >= 0.3 is 0 Å². The molecule has 0 spiro atoms. The topological polar surface area (TPSA) is 34.1 Å². The lowest BCUT2D eigenvalue weighted by molar-refractivity contribution is 0.605. The molecule has 1 aromatic carbocycles. The van der Waals surface area contributed by atoms with Crippen molar-refractivity contribution in [2.24, 2.45) is 0 Å². The zero-order valence-electron chi connectivity index (χ0n) is 6.70. The van der Waals surface area contributed by atoms with E-state index in [0.717, 1.165) is 5.56 Å². The van der Waals surface area contributed by atoms with E-state index in [-0.39, 0.29) is 5.88 Å². The Balaban J connectivity index is 2.79. The molecule has 0 aliphatic carbocycles. The van der Waals surface area contributed by atoms with Crippen LogP contribution in [0.2, 0.25) is 0 Å². The molecule has 0 radical (unpaired) electrons. The van der Waals surface area contributed by atoms with Gasteiger partial charge in [0.05, 0.1) is 4.90 Å². The lowest BCUT2D eigenvalue weighted by Crippen LogP contribution is -1.98. The number of alkyl halides is 1. The van der Waals surface area contributed by atoms with Gasteiger partial charge in [0.15, 0.2) is 0 Å². The molecule has 0 N–H and O–H groups in total. The summed E-state index contributed by atoms with van der Waals surface area (Å²) in [5, 5.41) is 1.22. The minimum absolute atomic E-state index is 0.226.